The number of aromatic nitrogens is 1. The van der Waals surface area contributed by atoms with Gasteiger partial charge in [0.15, 0.2) is 5.17 Å². The monoisotopic (exact) mass is 312 g/mol. The van der Waals surface area contributed by atoms with Gasteiger partial charge in [-0.2, -0.15) is 5.10 Å². The lowest BCUT2D eigenvalue weighted by Crippen LogP contribution is -2.19. The predicted molar refractivity (Wildman–Crippen MR) is 86.4 cm³/mol. The molecule has 110 valence electrons. The zero-order chi connectivity index (χ0) is 15.2. The Bertz CT molecular complexity index is 731. The van der Waals surface area contributed by atoms with E-state index in [1.54, 1.807) is 18.5 Å². The number of carbonyl (C=O) groups is 1. The van der Waals surface area contributed by atoms with Gasteiger partial charge in [-0.3, -0.25) is 4.79 Å². The fourth-order valence-electron chi connectivity index (χ4n) is 1.71. The second-order valence-electron chi connectivity index (χ2n) is 4.33. The van der Waals surface area contributed by atoms with Crippen LogP contribution >= 0.6 is 11.8 Å². The van der Waals surface area contributed by atoms with Gasteiger partial charge in [0.1, 0.15) is 5.75 Å². The third-order valence-electron chi connectivity index (χ3n) is 2.66. The topological polar surface area (TPSA) is 75.9 Å². The minimum Gasteiger partial charge on any atom is -0.439 e. The van der Waals surface area contributed by atoms with Gasteiger partial charge >= 0.3 is 0 Å². The van der Waals surface area contributed by atoms with E-state index in [4.69, 9.17) is 4.74 Å². The lowest BCUT2D eigenvalue weighted by Gasteiger charge is -2.04. The Labute approximate surface area is 131 Å². The summed E-state index contributed by atoms with van der Waals surface area (Å²) in [7, 11) is 0. The Morgan fingerprint density at radius 3 is 3.00 bits per heavy atom. The zero-order valence-electron chi connectivity index (χ0n) is 11.5. The van der Waals surface area contributed by atoms with Gasteiger partial charge in [0, 0.05) is 12.3 Å². The summed E-state index contributed by atoms with van der Waals surface area (Å²) >= 11 is 1.33. The van der Waals surface area contributed by atoms with Crippen LogP contribution < -0.4 is 10.1 Å². The molecular weight excluding hydrogens is 300 g/mol. The zero-order valence-corrected chi connectivity index (χ0v) is 12.3. The van der Waals surface area contributed by atoms with E-state index >= 15 is 0 Å². The molecule has 1 N–H and O–H groups in total. The van der Waals surface area contributed by atoms with Crippen LogP contribution in [0, 0.1) is 0 Å². The number of hydrogen-bond acceptors (Lipinski definition) is 6. The van der Waals surface area contributed by atoms with Crippen LogP contribution in [0.2, 0.25) is 0 Å². The molecule has 1 saturated heterocycles. The Morgan fingerprint density at radius 1 is 1.27 bits per heavy atom. The highest BCUT2D eigenvalue weighted by Crippen LogP contribution is 2.19. The summed E-state index contributed by atoms with van der Waals surface area (Å²) in [4.78, 5) is 15.1. The number of thioether (sulfide) groups is 1. The largest absolute Gasteiger partial charge is 0.439 e. The van der Waals surface area contributed by atoms with Gasteiger partial charge in [-0.15, -0.1) is 5.10 Å². The number of nitrogens with zero attached hydrogens (tertiary/aromatic N) is 3. The van der Waals surface area contributed by atoms with Crippen LogP contribution in [0.4, 0.5) is 0 Å². The van der Waals surface area contributed by atoms with E-state index in [0.29, 0.717) is 22.6 Å². The number of rotatable bonds is 4. The number of amidine groups is 1. The van der Waals surface area contributed by atoms with Crippen molar-refractivity contribution < 1.29 is 9.53 Å². The summed E-state index contributed by atoms with van der Waals surface area (Å²) in [5.41, 5.74) is 0.840. The molecule has 1 fully saturated rings. The average molecular weight is 312 g/mol. The summed E-state index contributed by atoms with van der Waals surface area (Å²) in [5.74, 6) is 1.53. The van der Waals surface area contributed by atoms with Crippen molar-refractivity contribution in [1.29, 1.82) is 0 Å². The summed E-state index contributed by atoms with van der Waals surface area (Å²) in [5, 5.41) is 11.0. The van der Waals surface area contributed by atoms with Gasteiger partial charge in [0.25, 0.3) is 0 Å². The fourth-order valence-corrected chi connectivity index (χ4v) is 2.34. The van der Waals surface area contributed by atoms with Gasteiger partial charge in [-0.25, -0.2) is 4.98 Å². The SMILES string of the molecule is O=C1CSC(=NN=Cc2cccc(Oc3ccccn3)c2)N1. The smallest absolute Gasteiger partial charge is 0.236 e. The van der Waals surface area contributed by atoms with Crippen molar-refractivity contribution in [1.82, 2.24) is 10.3 Å². The third-order valence-corrected chi connectivity index (χ3v) is 3.52. The van der Waals surface area contributed by atoms with Gasteiger partial charge in [0.05, 0.1) is 12.0 Å². The third kappa shape index (κ3) is 3.92. The molecule has 1 aliphatic heterocycles. The second-order valence-corrected chi connectivity index (χ2v) is 5.29. The van der Waals surface area contributed by atoms with Crippen LogP contribution in [-0.4, -0.2) is 28.0 Å². The van der Waals surface area contributed by atoms with Crippen LogP contribution in [-0.2, 0) is 4.79 Å². The first-order valence-electron chi connectivity index (χ1n) is 6.52. The van der Waals surface area contributed by atoms with Gasteiger partial charge in [0.2, 0.25) is 11.8 Å². The lowest BCUT2D eigenvalue weighted by molar-refractivity contribution is -0.116. The average Bonchev–Trinajstić information content (AvgIpc) is 2.94. The van der Waals surface area contributed by atoms with Gasteiger partial charge in [-0.05, 0) is 23.8 Å². The first-order valence-corrected chi connectivity index (χ1v) is 7.51. The van der Waals surface area contributed by atoms with E-state index in [-0.39, 0.29) is 5.91 Å². The van der Waals surface area contributed by atoms with Crippen LogP contribution in [0.3, 0.4) is 0 Å². The van der Waals surface area contributed by atoms with E-state index in [9.17, 15) is 4.79 Å². The predicted octanol–water partition coefficient (Wildman–Crippen LogP) is 2.43. The normalized spacial score (nSPS) is 16.2. The van der Waals surface area contributed by atoms with Crippen molar-refractivity contribution in [3.05, 3.63) is 54.2 Å². The molecule has 0 radical (unpaired) electrons. The van der Waals surface area contributed by atoms with Crippen molar-refractivity contribution in [2.24, 2.45) is 10.2 Å². The second kappa shape index (κ2) is 6.86. The van der Waals surface area contributed by atoms with Crippen LogP contribution in [0.15, 0.2) is 58.9 Å². The highest BCUT2D eigenvalue weighted by Gasteiger charge is 2.15. The molecule has 1 aromatic carbocycles. The molecule has 1 aromatic heterocycles. The number of pyridine rings is 1. The minimum absolute atomic E-state index is 0.0512. The molecule has 0 aliphatic carbocycles. The maximum absolute atomic E-state index is 11.0. The summed E-state index contributed by atoms with van der Waals surface area (Å²) in [6.07, 6.45) is 3.27. The van der Waals surface area contributed by atoms with Crippen LogP contribution in [0.5, 0.6) is 11.6 Å². The molecule has 3 rings (SSSR count). The number of carbonyl (C=O) groups excluding carboxylic acids is 1. The summed E-state index contributed by atoms with van der Waals surface area (Å²) < 4.78 is 5.64. The Hall–Kier alpha value is -2.67. The van der Waals surface area contributed by atoms with Crippen molar-refractivity contribution in [3.63, 3.8) is 0 Å². The molecule has 6 nitrogen and oxygen atoms in total. The number of ether oxygens (including phenoxy) is 1. The Morgan fingerprint density at radius 2 is 2.23 bits per heavy atom. The first kappa shape index (κ1) is 14.3. The summed E-state index contributed by atoms with van der Waals surface area (Å²) in [6, 6.07) is 12.9. The molecule has 0 bridgehead atoms. The van der Waals surface area contributed by atoms with Crippen molar-refractivity contribution in [2.45, 2.75) is 0 Å². The number of benzene rings is 1. The molecule has 1 aliphatic rings. The van der Waals surface area contributed by atoms with E-state index in [2.05, 4.69) is 20.5 Å². The molecule has 0 atom stereocenters. The van der Waals surface area contributed by atoms with Crippen LogP contribution in [0.25, 0.3) is 0 Å². The Balaban J connectivity index is 1.67. The highest BCUT2D eigenvalue weighted by atomic mass is 32.2. The number of amides is 1. The molecule has 1 amide bonds. The molecule has 7 heteroatoms. The van der Waals surface area contributed by atoms with E-state index in [1.165, 1.54) is 11.8 Å². The van der Waals surface area contributed by atoms with Crippen molar-refractivity contribution in [2.75, 3.05) is 5.75 Å². The molecule has 2 heterocycles. The molecular formula is C15H12N4O2S. The highest BCUT2D eigenvalue weighted by molar-refractivity contribution is 8.15. The number of hydrogen-bond donors (Lipinski definition) is 1. The fraction of sp³-hybridized carbons (Fsp3) is 0.0667. The first-order chi connectivity index (χ1) is 10.8. The quantitative estimate of drug-likeness (QED) is 0.695. The standard InChI is InChI=1S/C15H12N4O2S/c20-13-10-22-15(18-13)19-17-9-11-4-3-5-12(8-11)21-14-6-1-2-7-16-14/h1-9H,10H2,(H,18,19,20). The maximum Gasteiger partial charge on any atom is 0.236 e. The molecule has 0 unspecified atom stereocenters. The molecule has 22 heavy (non-hydrogen) atoms. The maximum atomic E-state index is 11.0. The molecule has 0 spiro atoms. The lowest BCUT2D eigenvalue weighted by atomic mass is 10.2. The van der Waals surface area contributed by atoms with E-state index in [0.717, 1.165) is 5.56 Å². The van der Waals surface area contributed by atoms with E-state index in [1.807, 2.05) is 36.4 Å². The summed E-state index contributed by atoms with van der Waals surface area (Å²) in [6.45, 7) is 0. The Kier molecular flexibility index (Phi) is 4.45. The molecule has 2 aromatic rings. The molecule has 0 saturated carbocycles. The van der Waals surface area contributed by atoms with Gasteiger partial charge in [-0.1, -0.05) is 30.0 Å². The van der Waals surface area contributed by atoms with Crippen molar-refractivity contribution >= 4 is 29.1 Å². The number of nitrogens with one attached hydrogen (secondary N) is 1. The van der Waals surface area contributed by atoms with E-state index < -0.39 is 0 Å². The van der Waals surface area contributed by atoms with Gasteiger partial charge < -0.3 is 10.1 Å². The van der Waals surface area contributed by atoms with Crippen LogP contribution in [0.1, 0.15) is 5.56 Å². The minimum atomic E-state index is -0.0512. The van der Waals surface area contributed by atoms with Crippen molar-refractivity contribution in [3.8, 4) is 11.6 Å².